The summed E-state index contributed by atoms with van der Waals surface area (Å²) in [5, 5.41) is 35.3. The molecule has 8 bridgehead atoms. The molecule has 4 aromatic carbocycles. The molecule has 28 nitrogen and oxygen atoms in total. The van der Waals surface area contributed by atoms with Crippen molar-refractivity contribution in [3.8, 4) is 93.9 Å². The first-order chi connectivity index (χ1) is 57.3. The highest BCUT2D eigenvalue weighted by Crippen LogP contribution is 2.39. The first-order valence-corrected chi connectivity index (χ1v) is 38.1. The summed E-state index contributed by atoms with van der Waals surface area (Å²) in [4.78, 5) is 19.1. The van der Waals surface area contributed by atoms with E-state index in [0.717, 1.165) is 112 Å². The lowest BCUT2D eigenvalue weighted by Gasteiger charge is -2.09. The van der Waals surface area contributed by atoms with E-state index in [1.54, 1.807) is 18.7 Å². The molecule has 7 aromatic heterocycles. The molecule has 9 heterocycles. The van der Waals surface area contributed by atoms with E-state index in [-0.39, 0.29) is 52.9 Å². The fourth-order valence-electron chi connectivity index (χ4n) is 12.8. The van der Waals surface area contributed by atoms with Gasteiger partial charge in [0.2, 0.25) is 0 Å². The summed E-state index contributed by atoms with van der Waals surface area (Å²) in [7, 11) is 0. The van der Waals surface area contributed by atoms with Crippen LogP contribution in [0.2, 0.25) is 0 Å². The van der Waals surface area contributed by atoms with Gasteiger partial charge in [-0.05, 0) is 93.1 Å². The molecular weight excluding hydrogens is 1470 g/mol. The van der Waals surface area contributed by atoms with Gasteiger partial charge < -0.3 is 66.8 Å². The third kappa shape index (κ3) is 24.0. The number of aromatic amines is 2. The summed E-state index contributed by atoms with van der Waals surface area (Å²) in [5.74, 6) is 9.80. The topological polar surface area (TPSA) is 291 Å². The van der Waals surface area contributed by atoms with Gasteiger partial charge in [0.1, 0.15) is 49.2 Å². The highest BCUT2D eigenvalue weighted by Gasteiger charge is 2.21. The first-order valence-electron chi connectivity index (χ1n) is 38.1. The Balaban J connectivity index is 0.840. The molecule has 0 amide bonds. The van der Waals surface area contributed by atoms with Crippen LogP contribution >= 0.6 is 0 Å². The number of nitrogens with one attached hydrogen (secondary N) is 2. The number of hydrogen-bond acceptors (Lipinski definition) is 22. The fraction of sp³-hybridized carbons (Fsp3) is 0.318. The van der Waals surface area contributed by atoms with Crippen molar-refractivity contribution in [2.75, 3.05) is 132 Å². The summed E-state index contributed by atoms with van der Waals surface area (Å²) in [5.41, 5.74) is 20.5. The molecule has 28 heteroatoms. The zero-order valence-electron chi connectivity index (χ0n) is 64.4. The van der Waals surface area contributed by atoms with Gasteiger partial charge in [0.25, 0.3) is 0 Å². The van der Waals surface area contributed by atoms with Gasteiger partial charge in [0.15, 0.2) is 0 Å². The number of aromatic nitrogens is 16. The number of nitrogens with zero attached hydrogens (tertiary/aromatic N) is 14. The van der Waals surface area contributed by atoms with Crippen LogP contribution < -0.4 is 0 Å². The van der Waals surface area contributed by atoms with Gasteiger partial charge in [-0.25, -0.2) is 28.7 Å². The van der Waals surface area contributed by atoms with Crippen molar-refractivity contribution >= 4 is 46.4 Å². The van der Waals surface area contributed by atoms with E-state index in [9.17, 15) is 0 Å². The van der Waals surface area contributed by atoms with Gasteiger partial charge in [0.05, 0.1) is 206 Å². The van der Waals surface area contributed by atoms with Crippen LogP contribution in [-0.4, -0.2) is 212 Å². The third-order valence-electron chi connectivity index (χ3n) is 18.2. The Morgan fingerprint density at radius 3 is 0.681 bits per heavy atom. The van der Waals surface area contributed by atoms with Gasteiger partial charge in [-0.3, -0.25) is 0 Å². The van der Waals surface area contributed by atoms with E-state index in [2.05, 4.69) is 221 Å². The molecule has 0 aliphatic carbocycles. The van der Waals surface area contributed by atoms with Crippen LogP contribution in [0.1, 0.15) is 67.8 Å². The Bertz CT molecular complexity index is 4730. The van der Waals surface area contributed by atoms with Gasteiger partial charge in [-0.1, -0.05) is 142 Å². The van der Waals surface area contributed by atoms with Crippen molar-refractivity contribution in [1.82, 2.24) is 79.9 Å². The summed E-state index contributed by atoms with van der Waals surface area (Å²) in [6.45, 7) is 10.7. The molecule has 0 unspecified atom stereocenters. The smallest absolute Gasteiger partial charge is 0.108 e. The second-order valence-corrected chi connectivity index (χ2v) is 26.6. The Labute approximate surface area is 672 Å². The summed E-state index contributed by atoms with van der Waals surface area (Å²) >= 11 is 0. The normalized spacial score (nSPS) is 11.7. The van der Waals surface area contributed by atoms with Gasteiger partial charge in [-0.2, -0.15) is 0 Å². The largest absolute Gasteiger partial charge is 0.377 e. The van der Waals surface area contributed by atoms with Gasteiger partial charge in [-0.15, -0.1) is 46.1 Å². The van der Waals surface area contributed by atoms with Crippen LogP contribution in [0.3, 0.4) is 0 Å². The van der Waals surface area contributed by atoms with Crippen LogP contribution in [0.15, 0.2) is 146 Å². The second kappa shape index (κ2) is 43.9. The van der Waals surface area contributed by atoms with Crippen LogP contribution in [0.5, 0.6) is 0 Å². The number of hydrogen-bond donors (Lipinski definition) is 2. The lowest BCUT2D eigenvalue weighted by molar-refractivity contribution is 0.0152. The zero-order valence-corrected chi connectivity index (χ0v) is 64.4. The maximum absolute atomic E-state index is 5.85. The maximum atomic E-state index is 5.85. The molecule has 0 fully saturated rings. The quantitative estimate of drug-likeness (QED) is 0.0265. The van der Waals surface area contributed by atoms with E-state index in [1.165, 1.54) is 0 Å². The number of fused-ring (bicyclic) bond motifs is 8. The average Bonchev–Trinajstić information content (AvgIpc) is 1.61. The van der Waals surface area contributed by atoms with Crippen molar-refractivity contribution in [3.05, 3.63) is 214 Å². The van der Waals surface area contributed by atoms with E-state index >= 15 is 0 Å². The molecule has 13 rings (SSSR count). The highest BCUT2D eigenvalue weighted by atomic mass is 16.6. The van der Waals surface area contributed by atoms with Crippen molar-refractivity contribution in [2.45, 2.75) is 52.6 Å². The monoisotopic (exact) mass is 1560 g/mol. The average molecular weight is 1560 g/mol. The van der Waals surface area contributed by atoms with E-state index in [1.807, 2.05) is 24.8 Å². The number of H-pyrrole nitrogens is 2. The summed E-state index contributed by atoms with van der Waals surface area (Å²) in [6.07, 6.45) is 37.0. The molecule has 2 N–H and O–H groups in total. The molecule has 0 saturated carbocycles. The lowest BCUT2D eigenvalue weighted by Crippen LogP contribution is -2.09. The SMILES string of the molecule is C#CCOCCOCCOCc1cn(Cc2ccc(-c3c4nc(c(-c5ccc(Cn6cc(COCCOCCOCC#C)nn6)cc5)c5ccc([nH]5)c(-c5ccc(Cn6cc(COCCOCCOCC#C)nn6)cc5)c5nc(c(-c6ccc(Cn7cc(COCCOCCOCC#C)nn7)cc6)c6ccc3[nH]6)C=C5)C=C4)cc2)nn1. The molecule has 2 aliphatic heterocycles. The standard InChI is InChI=1S/C88H90N16O12/c1-5-33-105-37-41-109-45-49-113-61-73-57-101(97-93-73)53-65-9-17-69(18-10-65)85-77-25-27-79(89-77)86(70-19-11-66(12-20-70)54-102-58-74(94-98-102)62-114-50-46-110-42-38-106-34-6-2)81-29-31-83(91-81)88(72-23-15-68(16-24-72)56-104-60-76(96-100-104)64-116-52-48-112-44-40-108-36-8-4)84-32-30-82(92-84)87(80-28-26-78(85)90-80)71-21-13-67(14-22-71)55-103-59-75(95-99-103)63-115-51-47-111-43-39-107-35-7-3/h1-4,9-32,57-60,89,92H,33-56,61-64H2. The second-order valence-electron chi connectivity index (χ2n) is 26.6. The third-order valence-corrected chi connectivity index (χ3v) is 18.2. The van der Waals surface area contributed by atoms with Crippen molar-refractivity contribution in [3.63, 3.8) is 0 Å². The molecule has 116 heavy (non-hydrogen) atoms. The molecule has 0 radical (unpaired) electrons. The van der Waals surface area contributed by atoms with Crippen LogP contribution in [-0.2, 0) is 109 Å². The number of benzene rings is 4. The molecular formula is C88H90N16O12. The predicted molar refractivity (Wildman–Crippen MR) is 438 cm³/mol. The molecule has 594 valence electrons. The van der Waals surface area contributed by atoms with Gasteiger partial charge in [0, 0.05) is 44.3 Å². The summed E-state index contributed by atoms with van der Waals surface area (Å²) < 4.78 is 74.1. The first kappa shape index (κ1) is 81.8. The Kier molecular flexibility index (Phi) is 31.0. The number of terminal acetylenes is 4. The van der Waals surface area contributed by atoms with E-state index in [4.69, 9.17) is 92.5 Å². The fourth-order valence-corrected chi connectivity index (χ4v) is 12.8. The van der Waals surface area contributed by atoms with E-state index in [0.29, 0.717) is 155 Å². The minimum atomic E-state index is 0.252. The van der Waals surface area contributed by atoms with Crippen molar-refractivity contribution in [2.24, 2.45) is 0 Å². The van der Waals surface area contributed by atoms with Crippen LogP contribution in [0.25, 0.3) is 90.9 Å². The maximum Gasteiger partial charge on any atom is 0.108 e. The highest BCUT2D eigenvalue weighted by molar-refractivity contribution is 6.00. The number of ether oxygens (including phenoxy) is 12. The zero-order chi connectivity index (χ0) is 79.6. The van der Waals surface area contributed by atoms with Crippen molar-refractivity contribution < 1.29 is 56.8 Å². The van der Waals surface area contributed by atoms with Gasteiger partial charge >= 0.3 is 0 Å². The predicted octanol–water partition coefficient (Wildman–Crippen LogP) is 10.6. The summed E-state index contributed by atoms with van der Waals surface area (Å²) in [6, 6.07) is 42.4. The molecule has 0 spiro atoms. The van der Waals surface area contributed by atoms with Crippen LogP contribution in [0, 0.1) is 49.4 Å². The lowest BCUT2D eigenvalue weighted by atomic mass is 10.0. The molecule has 11 aromatic rings. The van der Waals surface area contributed by atoms with E-state index < -0.39 is 0 Å². The Morgan fingerprint density at radius 2 is 0.466 bits per heavy atom. The molecule has 2 aliphatic rings. The van der Waals surface area contributed by atoms with Crippen molar-refractivity contribution in [1.29, 1.82) is 0 Å². The Hall–Kier alpha value is -12.2. The molecule has 0 atom stereocenters. The Morgan fingerprint density at radius 1 is 0.259 bits per heavy atom. The molecule has 0 saturated heterocycles. The minimum Gasteiger partial charge on any atom is -0.377 e. The van der Waals surface area contributed by atoms with Crippen LogP contribution in [0.4, 0.5) is 0 Å². The number of rotatable bonds is 48. The minimum absolute atomic E-state index is 0.252.